The first kappa shape index (κ1) is 14.4. The van der Waals surface area contributed by atoms with Gasteiger partial charge in [0.15, 0.2) is 0 Å². The smallest absolute Gasteiger partial charge is 0.224 e. The molecule has 4 heteroatoms. The first-order chi connectivity index (χ1) is 10.3. The quantitative estimate of drug-likeness (QED) is 0.895. The van der Waals surface area contributed by atoms with E-state index in [4.69, 9.17) is 4.74 Å². The number of fused-ring (bicyclic) bond motifs is 1. The third-order valence-corrected chi connectivity index (χ3v) is 4.45. The summed E-state index contributed by atoms with van der Waals surface area (Å²) in [5.41, 5.74) is 1.98. The molecule has 1 fully saturated rings. The van der Waals surface area contributed by atoms with Gasteiger partial charge < -0.3 is 15.4 Å². The third-order valence-electron chi connectivity index (χ3n) is 4.45. The molecule has 1 aromatic rings. The summed E-state index contributed by atoms with van der Waals surface area (Å²) in [6.45, 7) is 2.35. The second kappa shape index (κ2) is 6.94. The van der Waals surface area contributed by atoms with Crippen molar-refractivity contribution >= 4 is 11.6 Å². The van der Waals surface area contributed by atoms with Crippen LogP contribution in [0, 0.1) is 5.92 Å². The highest BCUT2D eigenvalue weighted by Crippen LogP contribution is 2.29. The molecule has 1 heterocycles. The van der Waals surface area contributed by atoms with Gasteiger partial charge in [0, 0.05) is 30.8 Å². The van der Waals surface area contributed by atoms with Crippen LogP contribution in [0.3, 0.4) is 0 Å². The number of rotatable bonds is 4. The lowest BCUT2D eigenvalue weighted by molar-refractivity contribution is -0.116. The van der Waals surface area contributed by atoms with Crippen molar-refractivity contribution in [2.75, 3.05) is 18.5 Å². The molecule has 114 valence electrons. The molecule has 0 spiro atoms. The molecule has 0 bridgehead atoms. The number of anilines is 1. The molecule has 1 aliphatic carbocycles. The molecule has 0 saturated heterocycles. The van der Waals surface area contributed by atoms with E-state index in [0.717, 1.165) is 42.4 Å². The number of benzene rings is 1. The van der Waals surface area contributed by atoms with Gasteiger partial charge in [-0.2, -0.15) is 0 Å². The van der Waals surface area contributed by atoms with Crippen molar-refractivity contribution in [3.05, 3.63) is 23.8 Å². The lowest BCUT2D eigenvalue weighted by Gasteiger charge is -2.11. The third kappa shape index (κ3) is 3.97. The average molecular weight is 288 g/mol. The van der Waals surface area contributed by atoms with Crippen LogP contribution < -0.4 is 15.4 Å². The number of carbonyl (C=O) groups is 1. The number of amides is 1. The fraction of sp³-hybridized carbons (Fsp3) is 0.588. The topological polar surface area (TPSA) is 50.4 Å². The Morgan fingerprint density at radius 3 is 3.05 bits per heavy atom. The Labute approximate surface area is 126 Å². The predicted molar refractivity (Wildman–Crippen MR) is 83.5 cm³/mol. The summed E-state index contributed by atoms with van der Waals surface area (Å²) in [5.74, 6) is 1.81. The second-order valence-corrected chi connectivity index (χ2v) is 6.09. The zero-order valence-electron chi connectivity index (χ0n) is 12.5. The maximum Gasteiger partial charge on any atom is 0.224 e. The van der Waals surface area contributed by atoms with Crippen molar-refractivity contribution in [3.63, 3.8) is 0 Å². The molecule has 0 aromatic heterocycles. The van der Waals surface area contributed by atoms with E-state index in [1.807, 2.05) is 18.2 Å². The van der Waals surface area contributed by atoms with Crippen molar-refractivity contribution < 1.29 is 9.53 Å². The SMILES string of the molecule is O=C(CCC1CCCC1)Nc1ccc2c(c1)CNCCO2. The Morgan fingerprint density at radius 2 is 2.19 bits per heavy atom. The number of nitrogens with one attached hydrogen (secondary N) is 2. The standard InChI is InChI=1S/C17H24N2O2/c20-17(8-5-13-3-1-2-4-13)19-15-6-7-16-14(11-15)12-18-9-10-21-16/h6-7,11,13,18H,1-5,8-10,12H2,(H,19,20). The molecule has 1 amide bonds. The van der Waals surface area contributed by atoms with Crippen molar-refractivity contribution in [1.82, 2.24) is 5.32 Å². The minimum Gasteiger partial charge on any atom is -0.492 e. The normalized spacial score (nSPS) is 18.7. The Bertz CT molecular complexity index is 496. The molecule has 2 N–H and O–H groups in total. The lowest BCUT2D eigenvalue weighted by Crippen LogP contribution is -2.16. The zero-order valence-corrected chi connectivity index (χ0v) is 12.5. The van der Waals surface area contributed by atoms with Gasteiger partial charge in [-0.15, -0.1) is 0 Å². The summed E-state index contributed by atoms with van der Waals surface area (Å²) < 4.78 is 5.65. The van der Waals surface area contributed by atoms with Crippen molar-refractivity contribution in [2.24, 2.45) is 5.92 Å². The van der Waals surface area contributed by atoms with Gasteiger partial charge in [-0.05, 0) is 30.5 Å². The molecule has 3 rings (SSSR count). The maximum atomic E-state index is 12.0. The van der Waals surface area contributed by atoms with Crippen LogP contribution >= 0.6 is 0 Å². The van der Waals surface area contributed by atoms with E-state index in [2.05, 4.69) is 10.6 Å². The Balaban J connectivity index is 1.54. The number of hydrogen-bond donors (Lipinski definition) is 2. The van der Waals surface area contributed by atoms with Gasteiger partial charge in [-0.25, -0.2) is 0 Å². The lowest BCUT2D eigenvalue weighted by atomic mass is 10.0. The number of carbonyl (C=O) groups excluding carboxylic acids is 1. The average Bonchev–Trinajstić information content (AvgIpc) is 2.90. The summed E-state index contributed by atoms with van der Waals surface area (Å²) >= 11 is 0. The van der Waals surface area contributed by atoms with Crippen LogP contribution in [0.25, 0.3) is 0 Å². The van der Waals surface area contributed by atoms with Gasteiger partial charge >= 0.3 is 0 Å². The Kier molecular flexibility index (Phi) is 4.76. The fourth-order valence-electron chi connectivity index (χ4n) is 3.25. The Hall–Kier alpha value is -1.55. The zero-order chi connectivity index (χ0) is 14.5. The number of ether oxygens (including phenoxy) is 1. The first-order valence-corrected chi connectivity index (χ1v) is 8.07. The van der Waals surface area contributed by atoms with Crippen LogP contribution in [-0.2, 0) is 11.3 Å². The van der Waals surface area contributed by atoms with Gasteiger partial charge in [0.25, 0.3) is 0 Å². The molecule has 1 aliphatic heterocycles. The minimum atomic E-state index is 0.129. The van der Waals surface area contributed by atoms with Crippen molar-refractivity contribution in [2.45, 2.75) is 45.1 Å². The number of hydrogen-bond acceptors (Lipinski definition) is 3. The molecular weight excluding hydrogens is 264 g/mol. The first-order valence-electron chi connectivity index (χ1n) is 8.07. The van der Waals surface area contributed by atoms with Crippen LogP contribution in [0.2, 0.25) is 0 Å². The van der Waals surface area contributed by atoms with E-state index >= 15 is 0 Å². The van der Waals surface area contributed by atoms with Crippen LogP contribution in [0.5, 0.6) is 5.75 Å². The monoisotopic (exact) mass is 288 g/mol. The molecular formula is C17H24N2O2. The van der Waals surface area contributed by atoms with Crippen molar-refractivity contribution in [3.8, 4) is 5.75 Å². The second-order valence-electron chi connectivity index (χ2n) is 6.09. The van der Waals surface area contributed by atoms with Gasteiger partial charge in [0.1, 0.15) is 12.4 Å². The molecule has 4 nitrogen and oxygen atoms in total. The van der Waals surface area contributed by atoms with E-state index in [0.29, 0.717) is 13.0 Å². The fourth-order valence-corrected chi connectivity index (χ4v) is 3.25. The largest absolute Gasteiger partial charge is 0.492 e. The summed E-state index contributed by atoms with van der Waals surface area (Å²) in [6, 6.07) is 5.90. The van der Waals surface area contributed by atoms with Gasteiger partial charge in [0.2, 0.25) is 5.91 Å². The van der Waals surface area contributed by atoms with Gasteiger partial charge in [0.05, 0.1) is 0 Å². The molecule has 0 unspecified atom stereocenters. The van der Waals surface area contributed by atoms with E-state index in [1.165, 1.54) is 25.7 Å². The van der Waals surface area contributed by atoms with Gasteiger partial charge in [-0.3, -0.25) is 4.79 Å². The van der Waals surface area contributed by atoms with E-state index in [9.17, 15) is 4.79 Å². The van der Waals surface area contributed by atoms with E-state index in [-0.39, 0.29) is 5.91 Å². The van der Waals surface area contributed by atoms with Crippen LogP contribution in [0.1, 0.15) is 44.1 Å². The highest BCUT2D eigenvalue weighted by molar-refractivity contribution is 5.90. The minimum absolute atomic E-state index is 0.129. The van der Waals surface area contributed by atoms with Crippen LogP contribution in [0.15, 0.2) is 18.2 Å². The van der Waals surface area contributed by atoms with Crippen LogP contribution in [-0.4, -0.2) is 19.1 Å². The molecule has 21 heavy (non-hydrogen) atoms. The predicted octanol–water partition coefficient (Wildman–Crippen LogP) is 3.08. The van der Waals surface area contributed by atoms with Gasteiger partial charge in [-0.1, -0.05) is 25.7 Å². The van der Waals surface area contributed by atoms with E-state index < -0.39 is 0 Å². The maximum absolute atomic E-state index is 12.0. The molecule has 0 radical (unpaired) electrons. The Morgan fingerprint density at radius 1 is 1.33 bits per heavy atom. The molecule has 0 atom stereocenters. The van der Waals surface area contributed by atoms with E-state index in [1.54, 1.807) is 0 Å². The molecule has 1 aromatic carbocycles. The summed E-state index contributed by atoms with van der Waals surface area (Å²) in [4.78, 5) is 12.0. The highest BCUT2D eigenvalue weighted by Gasteiger charge is 2.16. The van der Waals surface area contributed by atoms with Crippen LogP contribution in [0.4, 0.5) is 5.69 Å². The summed E-state index contributed by atoms with van der Waals surface area (Å²) in [7, 11) is 0. The summed E-state index contributed by atoms with van der Waals surface area (Å²) in [5, 5.41) is 6.32. The van der Waals surface area contributed by atoms with Crippen molar-refractivity contribution in [1.29, 1.82) is 0 Å². The highest BCUT2D eigenvalue weighted by atomic mass is 16.5. The summed E-state index contributed by atoms with van der Waals surface area (Å²) in [6.07, 6.45) is 6.94. The molecule has 1 saturated carbocycles. The molecule has 2 aliphatic rings.